The number of nitrogens with one attached hydrogen (secondary N) is 1. The summed E-state index contributed by atoms with van der Waals surface area (Å²) in [5, 5.41) is 0. The van der Waals surface area contributed by atoms with Crippen molar-refractivity contribution in [1.29, 1.82) is 0 Å². The Bertz CT molecular complexity index is 589. The van der Waals surface area contributed by atoms with Crippen molar-refractivity contribution in [2.45, 2.75) is 44.0 Å². The van der Waals surface area contributed by atoms with Gasteiger partial charge in [0.2, 0.25) is 10.0 Å². The minimum atomic E-state index is -3.78. The Balaban J connectivity index is 2.21. The largest absolute Gasteiger partial charge is 0.395 e. The summed E-state index contributed by atoms with van der Waals surface area (Å²) in [6, 6.07) is 3.72. The van der Waals surface area contributed by atoms with Gasteiger partial charge in [-0.25, -0.2) is 17.5 Å². The summed E-state index contributed by atoms with van der Waals surface area (Å²) in [4.78, 5) is -0.177. The van der Waals surface area contributed by atoms with Gasteiger partial charge in [-0.1, -0.05) is 19.9 Å². The molecule has 1 fully saturated rings. The lowest BCUT2D eigenvalue weighted by Gasteiger charge is -2.33. The molecule has 2 rings (SSSR count). The Kier molecular flexibility index (Phi) is 4.34. The van der Waals surface area contributed by atoms with Gasteiger partial charge in [-0.2, -0.15) is 0 Å². The molecule has 1 aromatic rings. The smallest absolute Gasteiger partial charge is 0.242 e. The molecule has 0 bridgehead atoms. The van der Waals surface area contributed by atoms with Crippen LogP contribution in [0.25, 0.3) is 0 Å². The number of hydrogen-bond donors (Lipinski definition) is 2. The van der Waals surface area contributed by atoms with E-state index < -0.39 is 15.8 Å². The maximum absolute atomic E-state index is 13.4. The molecule has 1 saturated carbocycles. The van der Waals surface area contributed by atoms with Crippen LogP contribution in [0.1, 0.15) is 33.1 Å². The number of rotatable bonds is 3. The molecule has 1 aliphatic carbocycles. The first-order valence-electron chi connectivity index (χ1n) is 6.87. The van der Waals surface area contributed by atoms with E-state index >= 15 is 0 Å². The van der Waals surface area contributed by atoms with E-state index in [1.807, 2.05) is 6.92 Å². The third-order valence-electron chi connectivity index (χ3n) is 4.04. The molecule has 1 aromatic carbocycles. The van der Waals surface area contributed by atoms with Crippen LogP contribution in [-0.4, -0.2) is 14.5 Å². The van der Waals surface area contributed by atoms with Gasteiger partial charge in [-0.3, -0.25) is 0 Å². The molecular weight excluding hydrogens is 279 g/mol. The Morgan fingerprint density at radius 1 is 1.30 bits per heavy atom. The Morgan fingerprint density at radius 3 is 2.65 bits per heavy atom. The fraction of sp³-hybridized carbons (Fsp3) is 0.571. The molecule has 3 N–H and O–H groups in total. The summed E-state index contributed by atoms with van der Waals surface area (Å²) in [7, 11) is -3.78. The normalized spacial score (nSPS) is 27.4. The van der Waals surface area contributed by atoms with Crippen LogP contribution in [0.15, 0.2) is 23.1 Å². The monoisotopic (exact) mass is 300 g/mol. The van der Waals surface area contributed by atoms with Gasteiger partial charge >= 0.3 is 0 Å². The van der Waals surface area contributed by atoms with Crippen molar-refractivity contribution in [2.24, 2.45) is 11.8 Å². The first-order chi connectivity index (χ1) is 9.31. The second kappa shape index (κ2) is 5.69. The Hall–Kier alpha value is -1.14. The molecule has 0 aromatic heterocycles. The van der Waals surface area contributed by atoms with E-state index in [9.17, 15) is 12.8 Å². The van der Waals surface area contributed by atoms with Crippen molar-refractivity contribution in [2.75, 3.05) is 5.73 Å². The molecule has 112 valence electrons. The summed E-state index contributed by atoms with van der Waals surface area (Å²) in [5.41, 5.74) is 5.21. The fourth-order valence-electron chi connectivity index (χ4n) is 2.85. The minimum absolute atomic E-state index is 0.112. The topological polar surface area (TPSA) is 72.2 Å². The molecule has 0 aliphatic heterocycles. The lowest BCUT2D eigenvalue weighted by Crippen LogP contribution is -2.42. The molecule has 0 radical (unpaired) electrons. The van der Waals surface area contributed by atoms with Crippen molar-refractivity contribution < 1.29 is 12.8 Å². The molecule has 0 saturated heterocycles. The van der Waals surface area contributed by atoms with Crippen molar-refractivity contribution in [3.63, 3.8) is 0 Å². The fourth-order valence-corrected chi connectivity index (χ4v) is 4.38. The van der Waals surface area contributed by atoms with Gasteiger partial charge in [0.15, 0.2) is 0 Å². The zero-order valence-electron chi connectivity index (χ0n) is 11.8. The zero-order valence-corrected chi connectivity index (χ0v) is 12.6. The number of nitrogens with two attached hydrogens (primary N) is 1. The lowest BCUT2D eigenvalue weighted by molar-refractivity contribution is 0.249. The van der Waals surface area contributed by atoms with Gasteiger partial charge in [0.25, 0.3) is 0 Å². The molecule has 6 heteroatoms. The van der Waals surface area contributed by atoms with Crippen LogP contribution in [0.2, 0.25) is 0 Å². The minimum Gasteiger partial charge on any atom is -0.395 e. The molecule has 3 unspecified atom stereocenters. The second-order valence-electron chi connectivity index (χ2n) is 5.77. The van der Waals surface area contributed by atoms with Gasteiger partial charge < -0.3 is 5.73 Å². The third kappa shape index (κ3) is 3.12. The number of anilines is 1. The Labute approximate surface area is 119 Å². The predicted molar refractivity (Wildman–Crippen MR) is 77.1 cm³/mol. The number of para-hydroxylation sites is 1. The number of benzene rings is 1. The van der Waals surface area contributed by atoms with Crippen LogP contribution in [0.5, 0.6) is 0 Å². The van der Waals surface area contributed by atoms with E-state index in [1.165, 1.54) is 12.1 Å². The van der Waals surface area contributed by atoms with Crippen molar-refractivity contribution >= 4 is 15.7 Å². The number of nitrogen functional groups attached to an aromatic ring is 1. The Morgan fingerprint density at radius 2 is 2.00 bits per heavy atom. The lowest BCUT2D eigenvalue weighted by atomic mass is 9.80. The van der Waals surface area contributed by atoms with Crippen LogP contribution in [0.3, 0.4) is 0 Å². The van der Waals surface area contributed by atoms with E-state index in [1.54, 1.807) is 0 Å². The predicted octanol–water partition coefficient (Wildman–Crippen LogP) is 2.51. The third-order valence-corrected chi connectivity index (χ3v) is 5.59. The van der Waals surface area contributed by atoms with Crippen molar-refractivity contribution in [3.05, 3.63) is 24.0 Å². The van der Waals surface area contributed by atoms with E-state index in [4.69, 9.17) is 5.73 Å². The standard InChI is InChI=1S/C14H21FN2O2S/c1-9-6-7-12(10(2)8-9)17-20(18,19)13-5-3-4-11(15)14(13)16/h3-5,9-10,12,17H,6-8,16H2,1-2H3. The highest BCUT2D eigenvalue weighted by molar-refractivity contribution is 7.89. The number of hydrogen-bond acceptors (Lipinski definition) is 3. The quantitative estimate of drug-likeness (QED) is 0.843. The average Bonchev–Trinajstić information content (AvgIpc) is 2.36. The van der Waals surface area contributed by atoms with E-state index in [0.29, 0.717) is 5.92 Å². The van der Waals surface area contributed by atoms with Gasteiger partial charge in [-0.15, -0.1) is 0 Å². The maximum Gasteiger partial charge on any atom is 0.242 e. The van der Waals surface area contributed by atoms with Crippen LogP contribution in [-0.2, 0) is 10.0 Å². The average molecular weight is 300 g/mol. The molecular formula is C14H21FN2O2S. The van der Waals surface area contributed by atoms with Crippen LogP contribution < -0.4 is 10.5 Å². The van der Waals surface area contributed by atoms with Gasteiger partial charge in [-0.05, 0) is 43.2 Å². The maximum atomic E-state index is 13.4. The summed E-state index contributed by atoms with van der Waals surface area (Å²) < 4.78 is 40.8. The van der Waals surface area contributed by atoms with E-state index in [2.05, 4.69) is 11.6 Å². The summed E-state index contributed by atoms with van der Waals surface area (Å²) in [6.45, 7) is 4.21. The van der Waals surface area contributed by atoms with Crippen LogP contribution in [0.4, 0.5) is 10.1 Å². The summed E-state index contributed by atoms with van der Waals surface area (Å²) >= 11 is 0. The number of sulfonamides is 1. The first kappa shape index (κ1) is 15.3. The molecule has 1 aliphatic rings. The van der Waals surface area contributed by atoms with Crippen LogP contribution >= 0.6 is 0 Å². The first-order valence-corrected chi connectivity index (χ1v) is 8.36. The summed E-state index contributed by atoms with van der Waals surface area (Å²) in [6.07, 6.45) is 2.79. The highest BCUT2D eigenvalue weighted by atomic mass is 32.2. The number of halogens is 1. The molecule has 3 atom stereocenters. The van der Waals surface area contributed by atoms with E-state index in [-0.39, 0.29) is 22.5 Å². The molecule has 4 nitrogen and oxygen atoms in total. The van der Waals surface area contributed by atoms with Gasteiger partial charge in [0, 0.05) is 6.04 Å². The highest BCUT2D eigenvalue weighted by Crippen LogP contribution is 2.30. The highest BCUT2D eigenvalue weighted by Gasteiger charge is 2.30. The van der Waals surface area contributed by atoms with Gasteiger partial charge in [0.05, 0.1) is 5.69 Å². The molecule has 0 spiro atoms. The zero-order chi connectivity index (χ0) is 14.9. The second-order valence-corrected chi connectivity index (χ2v) is 7.46. The van der Waals surface area contributed by atoms with E-state index in [0.717, 1.165) is 25.3 Å². The van der Waals surface area contributed by atoms with Crippen molar-refractivity contribution in [1.82, 2.24) is 4.72 Å². The molecule has 0 heterocycles. The van der Waals surface area contributed by atoms with Crippen LogP contribution in [0, 0.1) is 17.7 Å². The SMILES string of the molecule is CC1CCC(NS(=O)(=O)c2cccc(F)c2N)C(C)C1. The van der Waals surface area contributed by atoms with Crippen molar-refractivity contribution in [3.8, 4) is 0 Å². The molecule has 20 heavy (non-hydrogen) atoms. The van der Waals surface area contributed by atoms with Gasteiger partial charge in [0.1, 0.15) is 10.7 Å². The molecule has 0 amide bonds. The summed E-state index contributed by atoms with van der Waals surface area (Å²) in [5.74, 6) is 0.173.